The number of benzene rings is 3. The summed E-state index contributed by atoms with van der Waals surface area (Å²) in [5.74, 6) is -8.79. The van der Waals surface area contributed by atoms with E-state index in [0.717, 1.165) is 18.2 Å². The Hall–Kier alpha value is -3.19. The van der Waals surface area contributed by atoms with Gasteiger partial charge in [-0.3, -0.25) is 14.4 Å². The summed E-state index contributed by atoms with van der Waals surface area (Å²) >= 11 is 24.5. The number of carbonyl (C=O) groups excluding carboxylic acids is 3. The molecule has 0 spiro atoms. The van der Waals surface area contributed by atoms with E-state index in [1.54, 1.807) is 0 Å². The van der Waals surface area contributed by atoms with Gasteiger partial charge in [-0.1, -0.05) is 29.3 Å². The molecule has 16 heteroatoms. The van der Waals surface area contributed by atoms with Crippen LogP contribution in [0.15, 0.2) is 48.5 Å². The number of rotatable bonds is 7. The molecule has 42 heavy (non-hydrogen) atoms. The summed E-state index contributed by atoms with van der Waals surface area (Å²) in [6.07, 6.45) is -6.92. The fourth-order valence-electron chi connectivity index (χ4n) is 4.09. The van der Waals surface area contributed by atoms with Crippen molar-refractivity contribution in [3.05, 3.63) is 87.2 Å². The zero-order valence-corrected chi connectivity index (χ0v) is 23.5. The Labute approximate surface area is 253 Å². The van der Waals surface area contributed by atoms with Gasteiger partial charge < -0.3 is 16.0 Å². The highest BCUT2D eigenvalue weighted by Gasteiger charge is 2.67. The minimum atomic E-state index is -4.93. The fraction of sp³-hybridized carbons (Fsp3) is 0.192. The van der Waals surface area contributed by atoms with Crippen molar-refractivity contribution in [3.8, 4) is 0 Å². The molecule has 222 valence electrons. The van der Waals surface area contributed by atoms with E-state index < -0.39 is 75.3 Å². The van der Waals surface area contributed by atoms with Crippen molar-refractivity contribution in [3.63, 3.8) is 0 Å². The van der Waals surface area contributed by atoms with Gasteiger partial charge in [0.25, 0.3) is 5.91 Å². The topological polar surface area (TPSA) is 87.3 Å². The molecule has 3 amide bonds. The van der Waals surface area contributed by atoms with Crippen LogP contribution in [0.1, 0.15) is 28.3 Å². The molecule has 0 aliphatic heterocycles. The highest BCUT2D eigenvalue weighted by atomic mass is 35.5. The van der Waals surface area contributed by atoms with Gasteiger partial charge in [0.15, 0.2) is 5.82 Å². The van der Waals surface area contributed by atoms with Crippen LogP contribution in [0.5, 0.6) is 0 Å². The molecule has 3 aromatic carbocycles. The van der Waals surface area contributed by atoms with Crippen LogP contribution in [0.2, 0.25) is 10.0 Å². The van der Waals surface area contributed by atoms with Crippen molar-refractivity contribution in [2.24, 2.45) is 5.92 Å². The van der Waals surface area contributed by atoms with Crippen molar-refractivity contribution >= 4 is 81.2 Å². The average Bonchev–Trinajstić information content (AvgIpc) is 3.47. The maximum absolute atomic E-state index is 14.9. The molecule has 2 atom stereocenters. The normalized spacial score (nSPS) is 17.4. The molecule has 0 radical (unpaired) electrons. The minimum absolute atomic E-state index is 0.0427. The van der Waals surface area contributed by atoms with Crippen molar-refractivity contribution in [1.29, 1.82) is 0 Å². The van der Waals surface area contributed by atoms with Gasteiger partial charge in [0.05, 0.1) is 27.2 Å². The van der Waals surface area contributed by atoms with Crippen LogP contribution in [0.4, 0.5) is 43.4 Å². The lowest BCUT2D eigenvalue weighted by atomic mass is 10.1. The van der Waals surface area contributed by atoms with E-state index >= 15 is 0 Å². The quantitative estimate of drug-likeness (QED) is 0.175. The molecule has 1 aliphatic rings. The third-order valence-electron chi connectivity index (χ3n) is 6.08. The highest BCUT2D eigenvalue weighted by molar-refractivity contribution is 6.53. The summed E-state index contributed by atoms with van der Waals surface area (Å²) in [7, 11) is 0. The van der Waals surface area contributed by atoms with E-state index in [2.05, 4.69) is 10.6 Å². The number of hydrogen-bond acceptors (Lipinski definition) is 3. The zero-order valence-electron chi connectivity index (χ0n) is 20.5. The molecule has 0 aromatic heterocycles. The Bertz CT molecular complexity index is 1600. The lowest BCUT2D eigenvalue weighted by Crippen LogP contribution is -2.23. The molecule has 1 unspecified atom stereocenters. The van der Waals surface area contributed by atoms with Crippen LogP contribution in [0.25, 0.3) is 0 Å². The Morgan fingerprint density at radius 1 is 0.833 bits per heavy atom. The number of halogens is 10. The van der Waals surface area contributed by atoms with E-state index in [0.29, 0.717) is 11.6 Å². The van der Waals surface area contributed by atoms with Gasteiger partial charge in [-0.2, -0.15) is 13.2 Å². The van der Waals surface area contributed by atoms with Crippen molar-refractivity contribution in [1.82, 2.24) is 0 Å². The Morgan fingerprint density at radius 3 is 2.14 bits per heavy atom. The minimum Gasteiger partial charge on any atom is -0.326 e. The third-order valence-corrected chi connectivity index (χ3v) is 7.64. The van der Waals surface area contributed by atoms with Gasteiger partial charge in [-0.15, -0.1) is 23.2 Å². The van der Waals surface area contributed by atoms with Gasteiger partial charge in [-0.25, -0.2) is 13.2 Å². The van der Waals surface area contributed by atoms with Gasteiger partial charge in [0.1, 0.15) is 28.1 Å². The molecule has 3 aromatic rings. The lowest BCUT2D eigenvalue weighted by Gasteiger charge is -2.14. The summed E-state index contributed by atoms with van der Waals surface area (Å²) in [6.45, 7) is 0. The van der Waals surface area contributed by atoms with E-state index in [4.69, 9.17) is 46.4 Å². The van der Waals surface area contributed by atoms with E-state index in [9.17, 15) is 40.7 Å². The summed E-state index contributed by atoms with van der Waals surface area (Å²) in [5.41, 5.74) is -1.73. The zero-order chi connectivity index (χ0) is 31.1. The molecule has 0 saturated heterocycles. The van der Waals surface area contributed by atoms with Crippen molar-refractivity contribution in [2.45, 2.75) is 22.8 Å². The standard InChI is InChI=1S/C26H15Cl4F6N3O3/c27-13-3-2-11(37-24(42)20-19(26(20,29)30)10-1-4-15(31)14(28)7-10)8-12(13)23(41)38-17-6-5-16(32)22(21(17)33)39-18(40)9-25(34,35)36/h1-8,19-20H,9H2,(H,37,42)(H,38,41)(H,39,40)/t19-,20?/m0/s1. The summed E-state index contributed by atoms with van der Waals surface area (Å²) in [5, 5.41) is 5.76. The second-order valence-electron chi connectivity index (χ2n) is 9.07. The molecule has 4 rings (SSSR count). The van der Waals surface area contributed by atoms with E-state index in [1.165, 1.54) is 29.6 Å². The van der Waals surface area contributed by atoms with Gasteiger partial charge in [0, 0.05) is 11.6 Å². The smallest absolute Gasteiger partial charge is 0.326 e. The van der Waals surface area contributed by atoms with Crippen LogP contribution in [-0.2, 0) is 9.59 Å². The first-order valence-electron chi connectivity index (χ1n) is 11.6. The van der Waals surface area contributed by atoms with Crippen LogP contribution in [-0.4, -0.2) is 28.2 Å². The first kappa shape index (κ1) is 31.7. The fourth-order valence-corrected chi connectivity index (χ4v) is 5.31. The predicted octanol–water partition coefficient (Wildman–Crippen LogP) is 8.08. The maximum atomic E-state index is 14.9. The monoisotopic (exact) mass is 671 g/mol. The first-order valence-corrected chi connectivity index (χ1v) is 13.1. The average molecular weight is 673 g/mol. The molecule has 0 bridgehead atoms. The molecule has 3 N–H and O–H groups in total. The number of nitrogens with one attached hydrogen (secondary N) is 3. The summed E-state index contributed by atoms with van der Waals surface area (Å²) in [4.78, 5) is 37.4. The Kier molecular flexibility index (Phi) is 8.94. The molecular formula is C26H15Cl4F6N3O3. The van der Waals surface area contributed by atoms with Crippen molar-refractivity contribution < 1.29 is 40.7 Å². The lowest BCUT2D eigenvalue weighted by molar-refractivity contribution is -0.150. The second kappa shape index (κ2) is 11.8. The molecule has 1 aliphatic carbocycles. The summed E-state index contributed by atoms with van der Waals surface area (Å²) in [6, 6.07) is 8.85. The maximum Gasteiger partial charge on any atom is 0.397 e. The number of anilines is 3. The third kappa shape index (κ3) is 6.88. The Morgan fingerprint density at radius 2 is 1.50 bits per heavy atom. The van der Waals surface area contributed by atoms with Crippen LogP contribution in [0.3, 0.4) is 0 Å². The number of carbonyl (C=O) groups is 3. The van der Waals surface area contributed by atoms with Crippen LogP contribution >= 0.6 is 46.4 Å². The predicted molar refractivity (Wildman–Crippen MR) is 146 cm³/mol. The molecule has 1 fully saturated rings. The Balaban J connectivity index is 1.50. The molecule has 0 heterocycles. The van der Waals surface area contributed by atoms with E-state index in [-0.39, 0.29) is 21.3 Å². The highest BCUT2D eigenvalue weighted by Crippen LogP contribution is 2.65. The largest absolute Gasteiger partial charge is 0.397 e. The molecular weight excluding hydrogens is 658 g/mol. The van der Waals surface area contributed by atoms with Gasteiger partial charge >= 0.3 is 6.18 Å². The van der Waals surface area contributed by atoms with Gasteiger partial charge in [0.2, 0.25) is 11.8 Å². The number of hydrogen-bond donors (Lipinski definition) is 3. The van der Waals surface area contributed by atoms with E-state index in [1.807, 2.05) is 0 Å². The molecule has 6 nitrogen and oxygen atoms in total. The van der Waals surface area contributed by atoms with Gasteiger partial charge in [-0.05, 0) is 48.0 Å². The van der Waals surface area contributed by atoms with Crippen LogP contribution in [0, 0.1) is 23.4 Å². The summed E-state index contributed by atoms with van der Waals surface area (Å²) < 4.78 is 78.2. The van der Waals surface area contributed by atoms with Crippen molar-refractivity contribution in [2.75, 3.05) is 16.0 Å². The number of alkyl halides is 5. The first-order chi connectivity index (χ1) is 19.5. The van der Waals surface area contributed by atoms with Crippen LogP contribution < -0.4 is 16.0 Å². The second-order valence-corrected chi connectivity index (χ2v) is 11.3. The SMILES string of the molecule is O=C(CC(F)(F)F)Nc1c(F)ccc(NC(=O)c2cc(NC(=O)C3[C@H](c4ccc(F)c(Cl)c4)C3(Cl)Cl)ccc2Cl)c1F. The number of amides is 3. The molecule has 1 saturated carbocycles.